The Morgan fingerprint density at radius 1 is 1.57 bits per heavy atom. The molecule has 0 atom stereocenters. The van der Waals surface area contributed by atoms with Crippen LogP contribution in [-0.2, 0) is 18.4 Å². The van der Waals surface area contributed by atoms with Gasteiger partial charge < -0.3 is 4.74 Å². The summed E-state index contributed by atoms with van der Waals surface area (Å²) >= 11 is 2.00. The molecule has 1 aromatic rings. The summed E-state index contributed by atoms with van der Waals surface area (Å²) in [4.78, 5) is 0. The number of aromatic nitrogens is 2. The van der Waals surface area contributed by atoms with Gasteiger partial charge in [-0.3, -0.25) is 4.68 Å². The Bertz CT molecular complexity index is 310. The normalized spacial score (nSPS) is 12.1. The average molecular weight is 320 g/mol. The van der Waals surface area contributed by atoms with Crippen molar-refractivity contribution in [1.29, 1.82) is 0 Å². The van der Waals surface area contributed by atoms with E-state index in [0.29, 0.717) is 5.69 Å². The standard InChI is InChI=1S/C7H8F3IN2O/c1-13-2-5(11)6(12-13)3-14-4-7(8,9)10/h2H,3-4H2,1H3. The molecule has 1 aromatic heterocycles. The SMILES string of the molecule is Cn1cc(I)c(COCC(F)(F)F)n1. The second-order valence-electron chi connectivity index (χ2n) is 2.71. The number of nitrogens with zero attached hydrogens (tertiary/aromatic N) is 2. The van der Waals surface area contributed by atoms with Crippen molar-refractivity contribution in [2.24, 2.45) is 7.05 Å². The molecular formula is C7H8F3IN2O. The first kappa shape index (κ1) is 11.8. The van der Waals surface area contributed by atoms with E-state index in [-0.39, 0.29) is 6.61 Å². The summed E-state index contributed by atoms with van der Waals surface area (Å²) in [6.45, 7) is -1.35. The van der Waals surface area contributed by atoms with Gasteiger partial charge >= 0.3 is 6.18 Å². The molecule has 80 valence electrons. The predicted molar refractivity (Wildman–Crippen MR) is 51.6 cm³/mol. The Balaban J connectivity index is 2.42. The Morgan fingerprint density at radius 3 is 2.64 bits per heavy atom. The van der Waals surface area contributed by atoms with Crippen LogP contribution in [0.3, 0.4) is 0 Å². The third kappa shape index (κ3) is 3.82. The first-order valence-corrected chi connectivity index (χ1v) is 4.79. The van der Waals surface area contributed by atoms with E-state index < -0.39 is 12.8 Å². The molecule has 0 fully saturated rings. The lowest BCUT2D eigenvalue weighted by molar-refractivity contribution is -0.176. The van der Waals surface area contributed by atoms with Gasteiger partial charge in [0, 0.05) is 13.2 Å². The van der Waals surface area contributed by atoms with Gasteiger partial charge in [-0.2, -0.15) is 18.3 Å². The quantitative estimate of drug-likeness (QED) is 0.798. The smallest absolute Gasteiger partial charge is 0.366 e. The molecule has 1 rings (SSSR count). The molecule has 0 aromatic carbocycles. The summed E-state index contributed by atoms with van der Waals surface area (Å²) < 4.78 is 41.9. The fourth-order valence-electron chi connectivity index (χ4n) is 0.867. The highest BCUT2D eigenvalue weighted by Gasteiger charge is 2.27. The fraction of sp³-hybridized carbons (Fsp3) is 0.571. The second-order valence-corrected chi connectivity index (χ2v) is 3.87. The van der Waals surface area contributed by atoms with Crippen molar-refractivity contribution in [1.82, 2.24) is 9.78 Å². The van der Waals surface area contributed by atoms with E-state index in [4.69, 9.17) is 0 Å². The monoisotopic (exact) mass is 320 g/mol. The van der Waals surface area contributed by atoms with Crippen LogP contribution in [0.25, 0.3) is 0 Å². The molecule has 0 spiro atoms. The molecule has 0 N–H and O–H groups in total. The zero-order valence-electron chi connectivity index (χ0n) is 7.31. The van der Waals surface area contributed by atoms with Crippen LogP contribution < -0.4 is 0 Å². The van der Waals surface area contributed by atoms with Gasteiger partial charge in [0.15, 0.2) is 0 Å². The van der Waals surface area contributed by atoms with E-state index >= 15 is 0 Å². The third-order valence-corrected chi connectivity index (χ3v) is 2.26. The van der Waals surface area contributed by atoms with Crippen molar-refractivity contribution >= 4 is 22.6 Å². The Morgan fingerprint density at radius 2 is 2.21 bits per heavy atom. The summed E-state index contributed by atoms with van der Waals surface area (Å²) in [7, 11) is 1.70. The van der Waals surface area contributed by atoms with Crippen molar-refractivity contribution in [3.63, 3.8) is 0 Å². The predicted octanol–water partition coefficient (Wildman–Crippen LogP) is 2.10. The first-order valence-electron chi connectivity index (χ1n) is 3.71. The van der Waals surface area contributed by atoms with E-state index in [2.05, 4.69) is 9.84 Å². The maximum absolute atomic E-state index is 11.7. The lowest BCUT2D eigenvalue weighted by Gasteiger charge is -2.05. The molecular weight excluding hydrogens is 312 g/mol. The number of ether oxygens (including phenoxy) is 1. The molecule has 3 nitrogen and oxygen atoms in total. The van der Waals surface area contributed by atoms with E-state index in [0.717, 1.165) is 3.57 Å². The van der Waals surface area contributed by atoms with Crippen molar-refractivity contribution in [2.45, 2.75) is 12.8 Å². The highest BCUT2D eigenvalue weighted by atomic mass is 127. The lowest BCUT2D eigenvalue weighted by Crippen LogP contribution is -2.17. The van der Waals surface area contributed by atoms with Crippen molar-refractivity contribution in [3.8, 4) is 0 Å². The minimum absolute atomic E-state index is 0.112. The molecule has 0 radical (unpaired) electrons. The van der Waals surface area contributed by atoms with Crippen LogP contribution in [0.1, 0.15) is 5.69 Å². The molecule has 0 saturated carbocycles. The topological polar surface area (TPSA) is 27.1 Å². The van der Waals surface area contributed by atoms with Gasteiger partial charge in [0.25, 0.3) is 0 Å². The van der Waals surface area contributed by atoms with Crippen LogP contribution in [-0.4, -0.2) is 22.6 Å². The van der Waals surface area contributed by atoms with Gasteiger partial charge in [-0.05, 0) is 22.6 Å². The molecule has 0 amide bonds. The zero-order chi connectivity index (χ0) is 10.8. The highest BCUT2D eigenvalue weighted by molar-refractivity contribution is 14.1. The van der Waals surface area contributed by atoms with Gasteiger partial charge in [0.2, 0.25) is 0 Å². The number of hydrogen-bond acceptors (Lipinski definition) is 2. The van der Waals surface area contributed by atoms with Gasteiger partial charge in [-0.15, -0.1) is 0 Å². The van der Waals surface area contributed by atoms with Crippen molar-refractivity contribution in [2.75, 3.05) is 6.61 Å². The zero-order valence-corrected chi connectivity index (χ0v) is 9.46. The minimum atomic E-state index is -4.28. The number of halogens is 4. The molecule has 0 aliphatic heterocycles. The fourth-order valence-corrected chi connectivity index (χ4v) is 1.53. The van der Waals surface area contributed by atoms with Gasteiger partial charge in [-0.25, -0.2) is 0 Å². The van der Waals surface area contributed by atoms with Crippen LogP contribution in [0.2, 0.25) is 0 Å². The minimum Gasteiger partial charge on any atom is -0.366 e. The summed E-state index contributed by atoms with van der Waals surface area (Å²) in [5.41, 5.74) is 0.525. The first-order chi connectivity index (χ1) is 6.38. The van der Waals surface area contributed by atoms with Gasteiger partial charge in [-0.1, -0.05) is 0 Å². The second kappa shape index (κ2) is 4.47. The Hall–Kier alpha value is -0.310. The van der Waals surface area contributed by atoms with E-state index in [1.54, 1.807) is 13.2 Å². The maximum Gasteiger partial charge on any atom is 0.411 e. The molecule has 0 aliphatic rings. The van der Waals surface area contributed by atoms with E-state index in [1.165, 1.54) is 4.68 Å². The van der Waals surface area contributed by atoms with Crippen LogP contribution >= 0.6 is 22.6 Å². The van der Waals surface area contributed by atoms with Crippen LogP contribution in [0.4, 0.5) is 13.2 Å². The van der Waals surface area contributed by atoms with Crippen molar-refractivity contribution in [3.05, 3.63) is 15.5 Å². The Labute approximate surface area is 92.4 Å². The summed E-state index contributed by atoms with van der Waals surface area (Å²) in [6, 6.07) is 0. The van der Waals surface area contributed by atoms with Crippen LogP contribution in [0.5, 0.6) is 0 Å². The van der Waals surface area contributed by atoms with Crippen LogP contribution in [0.15, 0.2) is 6.20 Å². The van der Waals surface area contributed by atoms with E-state index in [1.807, 2.05) is 22.6 Å². The average Bonchev–Trinajstić information content (AvgIpc) is 2.27. The summed E-state index contributed by atoms with van der Waals surface area (Å²) in [5, 5.41) is 3.95. The van der Waals surface area contributed by atoms with Crippen molar-refractivity contribution < 1.29 is 17.9 Å². The highest BCUT2D eigenvalue weighted by Crippen LogP contribution is 2.16. The number of hydrogen-bond donors (Lipinski definition) is 0. The molecule has 0 saturated heterocycles. The molecule has 0 bridgehead atoms. The Kier molecular flexibility index (Phi) is 3.76. The molecule has 1 heterocycles. The summed E-state index contributed by atoms with van der Waals surface area (Å²) in [6.07, 6.45) is -2.56. The number of alkyl halides is 3. The van der Waals surface area contributed by atoms with E-state index in [9.17, 15) is 13.2 Å². The number of aryl methyl sites for hydroxylation is 1. The molecule has 14 heavy (non-hydrogen) atoms. The largest absolute Gasteiger partial charge is 0.411 e. The number of rotatable bonds is 3. The lowest BCUT2D eigenvalue weighted by atomic mass is 10.5. The van der Waals surface area contributed by atoms with Crippen LogP contribution in [0, 0.1) is 3.57 Å². The maximum atomic E-state index is 11.7. The molecule has 0 aliphatic carbocycles. The third-order valence-electron chi connectivity index (χ3n) is 1.36. The molecule has 0 unspecified atom stereocenters. The summed E-state index contributed by atoms with van der Waals surface area (Å²) in [5.74, 6) is 0. The molecule has 7 heteroatoms. The van der Waals surface area contributed by atoms with Gasteiger partial charge in [0.05, 0.1) is 10.2 Å². The van der Waals surface area contributed by atoms with Gasteiger partial charge in [0.1, 0.15) is 12.3 Å².